The van der Waals surface area contributed by atoms with E-state index in [4.69, 9.17) is 16.3 Å². The standard InChI is InChI=1S/C12H7BrClNO4S/c13-12-4-3-11(20-12)9(16)6-19-10-5-7(15(17)18)1-2-8(10)14/h1-5H,6H2. The second-order valence-electron chi connectivity index (χ2n) is 3.69. The summed E-state index contributed by atoms with van der Waals surface area (Å²) in [5.74, 6) is -0.104. The Kier molecular flexibility index (Phi) is 4.74. The SMILES string of the molecule is O=C(COc1cc([N+](=O)[O-])ccc1Cl)c1ccc(Br)s1. The molecule has 0 bridgehead atoms. The fourth-order valence-electron chi connectivity index (χ4n) is 1.39. The monoisotopic (exact) mass is 375 g/mol. The summed E-state index contributed by atoms with van der Waals surface area (Å²) in [4.78, 5) is 22.5. The first kappa shape index (κ1) is 15.0. The first-order chi connectivity index (χ1) is 9.47. The average Bonchev–Trinajstić information content (AvgIpc) is 2.84. The maximum absolute atomic E-state index is 11.8. The average molecular weight is 377 g/mol. The molecule has 20 heavy (non-hydrogen) atoms. The van der Waals surface area contributed by atoms with E-state index in [0.717, 1.165) is 3.79 Å². The molecular weight excluding hydrogens is 370 g/mol. The Morgan fingerprint density at radius 2 is 2.15 bits per heavy atom. The number of ketones is 1. The lowest BCUT2D eigenvalue weighted by molar-refractivity contribution is -0.384. The minimum Gasteiger partial charge on any atom is -0.484 e. The van der Waals surface area contributed by atoms with Gasteiger partial charge in [0.2, 0.25) is 5.78 Å². The van der Waals surface area contributed by atoms with Gasteiger partial charge in [-0.2, -0.15) is 0 Å². The van der Waals surface area contributed by atoms with Gasteiger partial charge in [-0.3, -0.25) is 14.9 Å². The smallest absolute Gasteiger partial charge is 0.273 e. The van der Waals surface area contributed by atoms with Crippen molar-refractivity contribution in [1.29, 1.82) is 0 Å². The van der Waals surface area contributed by atoms with Crippen LogP contribution < -0.4 is 4.74 Å². The summed E-state index contributed by atoms with van der Waals surface area (Å²) in [6.45, 7) is -0.228. The van der Waals surface area contributed by atoms with E-state index in [1.807, 2.05) is 0 Å². The second kappa shape index (κ2) is 6.34. The number of hydrogen-bond donors (Lipinski definition) is 0. The molecule has 1 heterocycles. The van der Waals surface area contributed by atoms with Crippen LogP contribution in [0.25, 0.3) is 0 Å². The Labute approximate surface area is 131 Å². The molecule has 0 aliphatic carbocycles. The van der Waals surface area contributed by atoms with Gasteiger partial charge in [0.25, 0.3) is 5.69 Å². The van der Waals surface area contributed by atoms with Gasteiger partial charge in [0, 0.05) is 6.07 Å². The van der Waals surface area contributed by atoms with Crippen molar-refractivity contribution in [3.63, 3.8) is 0 Å². The Morgan fingerprint density at radius 3 is 2.75 bits per heavy atom. The summed E-state index contributed by atoms with van der Waals surface area (Å²) < 4.78 is 6.10. The normalized spacial score (nSPS) is 10.3. The van der Waals surface area contributed by atoms with Crippen LogP contribution in [0.1, 0.15) is 9.67 Å². The topological polar surface area (TPSA) is 69.4 Å². The second-order valence-corrected chi connectivity index (χ2v) is 6.56. The first-order valence-corrected chi connectivity index (χ1v) is 7.31. The summed E-state index contributed by atoms with van der Waals surface area (Å²) in [5.41, 5.74) is -0.143. The van der Waals surface area contributed by atoms with E-state index in [2.05, 4.69) is 15.9 Å². The molecule has 0 amide bonds. The molecule has 0 aliphatic rings. The van der Waals surface area contributed by atoms with Gasteiger partial charge in [0.05, 0.1) is 24.7 Å². The van der Waals surface area contributed by atoms with Crippen LogP contribution in [0.4, 0.5) is 5.69 Å². The van der Waals surface area contributed by atoms with Gasteiger partial charge in [-0.25, -0.2) is 0 Å². The molecule has 0 saturated carbocycles. The predicted octanol–water partition coefficient (Wildman–Crippen LogP) is 4.33. The molecule has 0 aliphatic heterocycles. The van der Waals surface area contributed by atoms with Gasteiger partial charge in [-0.05, 0) is 34.1 Å². The predicted molar refractivity (Wildman–Crippen MR) is 80.0 cm³/mol. The number of ether oxygens (including phenoxy) is 1. The molecule has 8 heteroatoms. The molecular formula is C12H7BrClNO4S. The van der Waals surface area contributed by atoms with Crippen molar-refractivity contribution >= 4 is 50.3 Å². The summed E-state index contributed by atoms with van der Waals surface area (Å²) in [6, 6.07) is 7.27. The molecule has 2 aromatic rings. The molecule has 0 radical (unpaired) electrons. The summed E-state index contributed by atoms with van der Waals surface area (Å²) in [7, 11) is 0. The number of thiophene rings is 1. The van der Waals surface area contributed by atoms with Crippen molar-refractivity contribution in [2.24, 2.45) is 0 Å². The summed E-state index contributed by atoms with van der Waals surface area (Å²) in [6.07, 6.45) is 0. The molecule has 2 rings (SSSR count). The Bertz CT molecular complexity index is 673. The number of rotatable bonds is 5. The third kappa shape index (κ3) is 3.56. The van der Waals surface area contributed by atoms with Gasteiger partial charge < -0.3 is 4.74 Å². The van der Waals surface area contributed by atoms with E-state index in [9.17, 15) is 14.9 Å². The van der Waals surface area contributed by atoms with Crippen LogP contribution in [0, 0.1) is 10.1 Å². The number of nitro benzene ring substituents is 1. The molecule has 0 atom stereocenters. The zero-order valence-electron chi connectivity index (χ0n) is 9.84. The lowest BCUT2D eigenvalue weighted by Crippen LogP contribution is -2.10. The van der Waals surface area contributed by atoms with Gasteiger partial charge in [0.15, 0.2) is 6.61 Å². The highest BCUT2D eigenvalue weighted by atomic mass is 79.9. The highest BCUT2D eigenvalue weighted by Crippen LogP contribution is 2.29. The van der Waals surface area contributed by atoms with Crippen LogP contribution in [-0.2, 0) is 0 Å². The van der Waals surface area contributed by atoms with E-state index in [1.165, 1.54) is 29.5 Å². The van der Waals surface area contributed by atoms with Crippen LogP contribution in [0.3, 0.4) is 0 Å². The number of benzene rings is 1. The molecule has 0 saturated heterocycles. The van der Waals surface area contributed by atoms with Gasteiger partial charge >= 0.3 is 0 Å². The van der Waals surface area contributed by atoms with E-state index < -0.39 is 4.92 Å². The third-order valence-corrected chi connectivity index (χ3v) is 4.31. The molecule has 104 valence electrons. The van der Waals surface area contributed by atoms with Crippen LogP contribution in [0.5, 0.6) is 5.75 Å². The largest absolute Gasteiger partial charge is 0.484 e. The lowest BCUT2D eigenvalue weighted by atomic mass is 10.3. The summed E-state index contributed by atoms with van der Waals surface area (Å²) >= 11 is 10.4. The number of non-ortho nitro benzene ring substituents is 1. The molecule has 0 spiro atoms. The van der Waals surface area contributed by atoms with Crippen molar-refractivity contribution in [3.8, 4) is 5.75 Å². The zero-order valence-corrected chi connectivity index (χ0v) is 13.0. The van der Waals surface area contributed by atoms with E-state index in [-0.39, 0.29) is 28.8 Å². The quantitative estimate of drug-likeness (QED) is 0.442. The number of carbonyl (C=O) groups is 1. The Hall–Kier alpha value is -1.44. The number of halogens is 2. The van der Waals surface area contributed by atoms with E-state index in [1.54, 1.807) is 12.1 Å². The molecule has 0 N–H and O–H groups in total. The van der Waals surface area contributed by atoms with Crippen molar-refractivity contribution in [2.45, 2.75) is 0 Å². The maximum Gasteiger partial charge on any atom is 0.273 e. The van der Waals surface area contributed by atoms with Crippen LogP contribution in [0.2, 0.25) is 5.02 Å². The fourth-order valence-corrected chi connectivity index (χ4v) is 2.88. The molecule has 1 aromatic carbocycles. The highest BCUT2D eigenvalue weighted by Gasteiger charge is 2.14. The van der Waals surface area contributed by atoms with Gasteiger partial charge in [0.1, 0.15) is 5.75 Å². The number of nitro groups is 1. The molecule has 1 aromatic heterocycles. The van der Waals surface area contributed by atoms with Crippen molar-refractivity contribution in [2.75, 3.05) is 6.61 Å². The molecule has 5 nitrogen and oxygen atoms in total. The van der Waals surface area contributed by atoms with Gasteiger partial charge in [-0.1, -0.05) is 11.6 Å². The summed E-state index contributed by atoms with van der Waals surface area (Å²) in [5, 5.41) is 10.9. The van der Waals surface area contributed by atoms with E-state index >= 15 is 0 Å². The van der Waals surface area contributed by atoms with Crippen LogP contribution in [-0.4, -0.2) is 17.3 Å². The number of hydrogen-bond acceptors (Lipinski definition) is 5. The number of carbonyl (C=O) groups excluding carboxylic acids is 1. The van der Waals surface area contributed by atoms with Crippen LogP contribution in [0.15, 0.2) is 34.1 Å². The van der Waals surface area contributed by atoms with Crippen LogP contribution >= 0.6 is 38.9 Å². The third-order valence-electron chi connectivity index (χ3n) is 2.33. The lowest BCUT2D eigenvalue weighted by Gasteiger charge is -2.06. The van der Waals surface area contributed by atoms with Crippen molar-refractivity contribution < 1.29 is 14.5 Å². The maximum atomic E-state index is 11.8. The minimum absolute atomic E-state index is 0.116. The molecule has 0 fully saturated rings. The van der Waals surface area contributed by atoms with E-state index in [0.29, 0.717) is 4.88 Å². The zero-order chi connectivity index (χ0) is 14.7. The molecule has 0 unspecified atom stereocenters. The van der Waals surface area contributed by atoms with Crippen molar-refractivity contribution in [1.82, 2.24) is 0 Å². The van der Waals surface area contributed by atoms with Crippen molar-refractivity contribution in [3.05, 3.63) is 54.1 Å². The van der Waals surface area contributed by atoms with Gasteiger partial charge in [-0.15, -0.1) is 11.3 Å². The minimum atomic E-state index is -0.554. The fraction of sp³-hybridized carbons (Fsp3) is 0.0833. The Morgan fingerprint density at radius 1 is 1.40 bits per heavy atom. The Balaban J connectivity index is 2.09. The highest BCUT2D eigenvalue weighted by molar-refractivity contribution is 9.11. The number of Topliss-reactive ketones (excluding diaryl/α,β-unsaturated/α-hetero) is 1. The number of nitrogens with zero attached hydrogens (tertiary/aromatic N) is 1. The first-order valence-electron chi connectivity index (χ1n) is 5.32.